The third-order valence-electron chi connectivity index (χ3n) is 2.50. The average Bonchev–Trinajstić information content (AvgIpc) is 2.75. The van der Waals surface area contributed by atoms with Crippen molar-refractivity contribution in [1.29, 1.82) is 0 Å². The highest BCUT2D eigenvalue weighted by atomic mass is 32.1. The molecule has 0 saturated heterocycles. The van der Waals surface area contributed by atoms with Crippen LogP contribution in [0.3, 0.4) is 0 Å². The Labute approximate surface area is 95.3 Å². The number of ketones is 1. The third kappa shape index (κ3) is 5.09. The van der Waals surface area contributed by atoms with Gasteiger partial charge in [-0.05, 0) is 42.2 Å². The van der Waals surface area contributed by atoms with Crippen molar-refractivity contribution in [2.75, 3.05) is 7.11 Å². The lowest BCUT2D eigenvalue weighted by molar-refractivity contribution is -0.119. The van der Waals surface area contributed by atoms with Crippen molar-refractivity contribution in [2.45, 2.75) is 38.7 Å². The van der Waals surface area contributed by atoms with Gasteiger partial charge in [-0.3, -0.25) is 4.79 Å². The smallest absolute Gasteiger partial charge is 0.133 e. The van der Waals surface area contributed by atoms with Gasteiger partial charge in [-0.15, -0.1) is 0 Å². The first-order chi connectivity index (χ1) is 7.22. The lowest BCUT2D eigenvalue weighted by Gasteiger charge is -2.07. The zero-order valence-electron chi connectivity index (χ0n) is 9.36. The highest BCUT2D eigenvalue weighted by Gasteiger charge is 2.06. The van der Waals surface area contributed by atoms with Crippen LogP contribution < -0.4 is 0 Å². The number of methoxy groups -OCH3 is 1. The maximum absolute atomic E-state index is 11.5. The van der Waals surface area contributed by atoms with E-state index in [9.17, 15) is 4.79 Å². The summed E-state index contributed by atoms with van der Waals surface area (Å²) in [5, 5.41) is 4.15. The molecule has 15 heavy (non-hydrogen) atoms. The standard InChI is InChI=1S/C12H18O2S/c1-10(14-2)3-5-12(13)6-4-11-7-8-15-9-11/h7-10H,3-6H2,1-2H3. The Morgan fingerprint density at radius 1 is 1.53 bits per heavy atom. The van der Waals surface area contributed by atoms with E-state index in [1.165, 1.54) is 5.56 Å². The normalized spacial score (nSPS) is 12.7. The van der Waals surface area contributed by atoms with Gasteiger partial charge in [-0.25, -0.2) is 0 Å². The van der Waals surface area contributed by atoms with Crippen LogP contribution in [0.15, 0.2) is 16.8 Å². The first-order valence-corrected chi connectivity index (χ1v) is 6.22. The summed E-state index contributed by atoms with van der Waals surface area (Å²) in [7, 11) is 1.68. The van der Waals surface area contributed by atoms with Crippen LogP contribution in [0, 0.1) is 0 Å². The summed E-state index contributed by atoms with van der Waals surface area (Å²) in [6, 6.07) is 2.08. The van der Waals surface area contributed by atoms with E-state index in [0.29, 0.717) is 18.6 Å². The zero-order chi connectivity index (χ0) is 11.1. The Hall–Kier alpha value is -0.670. The zero-order valence-corrected chi connectivity index (χ0v) is 10.2. The molecular formula is C12H18O2S. The van der Waals surface area contributed by atoms with Crippen LogP contribution in [0.1, 0.15) is 31.7 Å². The van der Waals surface area contributed by atoms with Gasteiger partial charge in [0.25, 0.3) is 0 Å². The Morgan fingerprint density at radius 2 is 2.33 bits per heavy atom. The Morgan fingerprint density at radius 3 is 2.93 bits per heavy atom. The molecule has 0 aromatic carbocycles. The minimum Gasteiger partial charge on any atom is -0.382 e. The van der Waals surface area contributed by atoms with Crippen molar-refractivity contribution >= 4 is 17.1 Å². The summed E-state index contributed by atoms with van der Waals surface area (Å²) in [5.74, 6) is 0.338. The summed E-state index contributed by atoms with van der Waals surface area (Å²) < 4.78 is 5.10. The minimum atomic E-state index is 0.190. The van der Waals surface area contributed by atoms with E-state index < -0.39 is 0 Å². The number of carbonyl (C=O) groups is 1. The van der Waals surface area contributed by atoms with E-state index in [4.69, 9.17) is 4.74 Å². The fourth-order valence-electron chi connectivity index (χ4n) is 1.33. The molecule has 1 aromatic heterocycles. The van der Waals surface area contributed by atoms with Crippen LogP contribution in [-0.4, -0.2) is 19.0 Å². The molecule has 84 valence electrons. The lowest BCUT2D eigenvalue weighted by atomic mass is 10.1. The molecule has 0 aliphatic heterocycles. The summed E-state index contributed by atoms with van der Waals surface area (Å²) in [4.78, 5) is 11.5. The molecule has 1 atom stereocenters. The van der Waals surface area contributed by atoms with Crippen LogP contribution in [0.2, 0.25) is 0 Å². The molecule has 1 unspecified atom stereocenters. The molecule has 1 heterocycles. The van der Waals surface area contributed by atoms with Gasteiger partial charge in [0.1, 0.15) is 5.78 Å². The number of ether oxygens (including phenoxy) is 1. The number of thiophene rings is 1. The van der Waals surface area contributed by atoms with Gasteiger partial charge in [0.15, 0.2) is 0 Å². The summed E-state index contributed by atoms with van der Waals surface area (Å²) in [6.07, 6.45) is 3.20. The summed E-state index contributed by atoms with van der Waals surface area (Å²) >= 11 is 1.68. The monoisotopic (exact) mass is 226 g/mol. The molecule has 0 spiro atoms. The number of hydrogen-bond donors (Lipinski definition) is 0. The molecule has 3 heteroatoms. The second-order valence-corrected chi connectivity index (χ2v) is 4.54. The first-order valence-electron chi connectivity index (χ1n) is 5.28. The predicted octanol–water partition coefficient (Wildman–Crippen LogP) is 3.06. The highest BCUT2D eigenvalue weighted by molar-refractivity contribution is 7.07. The van der Waals surface area contributed by atoms with Crippen LogP contribution >= 0.6 is 11.3 Å². The third-order valence-corrected chi connectivity index (χ3v) is 3.24. The van der Waals surface area contributed by atoms with E-state index in [2.05, 4.69) is 11.4 Å². The molecule has 0 N–H and O–H groups in total. The van der Waals surface area contributed by atoms with E-state index in [1.807, 2.05) is 12.3 Å². The van der Waals surface area contributed by atoms with Crippen LogP contribution in [0.25, 0.3) is 0 Å². The van der Waals surface area contributed by atoms with Gasteiger partial charge in [0.05, 0.1) is 6.10 Å². The molecule has 1 aromatic rings. The molecule has 2 nitrogen and oxygen atoms in total. The van der Waals surface area contributed by atoms with E-state index >= 15 is 0 Å². The van der Waals surface area contributed by atoms with Crippen molar-refractivity contribution < 1.29 is 9.53 Å². The first kappa shape index (κ1) is 12.4. The summed E-state index contributed by atoms with van der Waals surface area (Å²) in [5.41, 5.74) is 1.27. The molecule has 1 rings (SSSR count). The minimum absolute atomic E-state index is 0.190. The Bertz CT molecular complexity index is 280. The Kier molecular flexibility index (Phi) is 5.58. The van der Waals surface area contributed by atoms with Gasteiger partial charge in [-0.2, -0.15) is 11.3 Å². The Balaban J connectivity index is 2.14. The topological polar surface area (TPSA) is 26.3 Å². The molecule has 0 radical (unpaired) electrons. The van der Waals surface area contributed by atoms with Gasteiger partial charge in [0, 0.05) is 20.0 Å². The van der Waals surface area contributed by atoms with Gasteiger partial charge < -0.3 is 4.74 Å². The van der Waals surface area contributed by atoms with E-state index in [1.54, 1.807) is 18.4 Å². The molecule has 0 aliphatic carbocycles. The fourth-order valence-corrected chi connectivity index (χ4v) is 2.03. The van der Waals surface area contributed by atoms with Crippen molar-refractivity contribution in [2.24, 2.45) is 0 Å². The molecular weight excluding hydrogens is 208 g/mol. The van der Waals surface area contributed by atoms with Gasteiger partial charge >= 0.3 is 0 Å². The van der Waals surface area contributed by atoms with E-state index in [-0.39, 0.29) is 6.10 Å². The fraction of sp³-hybridized carbons (Fsp3) is 0.583. The molecule has 0 saturated carbocycles. The van der Waals surface area contributed by atoms with E-state index in [0.717, 1.165) is 12.8 Å². The maximum Gasteiger partial charge on any atom is 0.133 e. The number of hydrogen-bond acceptors (Lipinski definition) is 3. The number of aryl methyl sites for hydroxylation is 1. The average molecular weight is 226 g/mol. The highest BCUT2D eigenvalue weighted by Crippen LogP contribution is 2.10. The quantitative estimate of drug-likeness (QED) is 0.714. The van der Waals surface area contributed by atoms with Crippen molar-refractivity contribution in [3.8, 4) is 0 Å². The maximum atomic E-state index is 11.5. The second-order valence-electron chi connectivity index (χ2n) is 3.76. The number of Topliss-reactive ketones (excluding diaryl/α,β-unsaturated/α-hetero) is 1. The molecule has 0 amide bonds. The largest absolute Gasteiger partial charge is 0.382 e. The van der Waals surface area contributed by atoms with Crippen LogP contribution in [0.5, 0.6) is 0 Å². The molecule has 0 aliphatic rings. The SMILES string of the molecule is COC(C)CCC(=O)CCc1ccsc1. The van der Waals surface area contributed by atoms with Crippen molar-refractivity contribution in [3.05, 3.63) is 22.4 Å². The van der Waals surface area contributed by atoms with Gasteiger partial charge in [-0.1, -0.05) is 0 Å². The molecule has 0 bridgehead atoms. The second kappa shape index (κ2) is 6.75. The number of rotatable bonds is 7. The van der Waals surface area contributed by atoms with Crippen LogP contribution in [0.4, 0.5) is 0 Å². The predicted molar refractivity (Wildman–Crippen MR) is 63.4 cm³/mol. The van der Waals surface area contributed by atoms with Crippen molar-refractivity contribution in [3.63, 3.8) is 0 Å². The lowest BCUT2D eigenvalue weighted by Crippen LogP contribution is -2.08. The van der Waals surface area contributed by atoms with Crippen molar-refractivity contribution in [1.82, 2.24) is 0 Å². The number of carbonyl (C=O) groups excluding carboxylic acids is 1. The summed E-state index contributed by atoms with van der Waals surface area (Å²) in [6.45, 7) is 1.99. The van der Waals surface area contributed by atoms with Crippen LogP contribution in [-0.2, 0) is 16.0 Å². The molecule has 0 fully saturated rings. The van der Waals surface area contributed by atoms with Gasteiger partial charge in [0.2, 0.25) is 0 Å².